The molecule has 0 aliphatic carbocycles. The Hall–Kier alpha value is -0.690. The molecule has 2 aromatic heterocycles. The summed E-state index contributed by atoms with van der Waals surface area (Å²) in [6.45, 7) is 6.43. The van der Waals surface area contributed by atoms with Gasteiger partial charge in [0.2, 0.25) is 10.0 Å². The predicted octanol–water partition coefficient (Wildman–Crippen LogP) is 3.14. The van der Waals surface area contributed by atoms with Crippen LogP contribution in [0.2, 0.25) is 0 Å². The van der Waals surface area contributed by atoms with Crippen LogP contribution in [0.25, 0.3) is 0 Å². The Morgan fingerprint density at radius 1 is 1.15 bits per heavy atom. The van der Waals surface area contributed by atoms with Gasteiger partial charge in [0.05, 0.1) is 0 Å². The smallest absolute Gasteiger partial charge is 0.250 e. The minimum absolute atomic E-state index is 0. The molecule has 2 heterocycles. The first-order valence-corrected chi connectivity index (χ1v) is 11.8. The molecule has 0 amide bonds. The van der Waals surface area contributed by atoms with E-state index in [1.54, 1.807) is 28.8 Å². The minimum atomic E-state index is -3.41. The maximum atomic E-state index is 12.1. The van der Waals surface area contributed by atoms with Crippen LogP contribution in [-0.2, 0) is 16.4 Å². The van der Waals surface area contributed by atoms with Gasteiger partial charge in [-0.15, -0.1) is 46.7 Å². The molecular weight excluding hydrogens is 515 g/mol. The van der Waals surface area contributed by atoms with Gasteiger partial charge in [-0.2, -0.15) is 0 Å². The molecule has 6 nitrogen and oxygen atoms in total. The molecule has 1 atom stereocenters. The summed E-state index contributed by atoms with van der Waals surface area (Å²) in [6, 6.07) is 7.54. The number of hydrogen-bond donors (Lipinski definition) is 3. The molecule has 1 unspecified atom stereocenters. The molecule has 0 bridgehead atoms. The standard InChI is InChI=1S/C17H26N4O2S3.HI/c1-3-18-17(20-13-14(2)12-15-6-4-10-24-15)19-8-9-21-26(22,23)16-7-5-11-25-16;/h4-7,10-11,14,21H,3,8-9,12-13H2,1-2H3,(H2,18,19,20);1H. The van der Waals surface area contributed by atoms with E-state index in [4.69, 9.17) is 0 Å². The summed E-state index contributed by atoms with van der Waals surface area (Å²) in [7, 11) is -3.41. The molecule has 27 heavy (non-hydrogen) atoms. The van der Waals surface area contributed by atoms with Gasteiger partial charge in [-0.1, -0.05) is 19.1 Å². The van der Waals surface area contributed by atoms with Gasteiger partial charge in [-0.3, -0.25) is 4.99 Å². The largest absolute Gasteiger partial charge is 0.357 e. The summed E-state index contributed by atoms with van der Waals surface area (Å²) >= 11 is 2.98. The van der Waals surface area contributed by atoms with Crippen LogP contribution < -0.4 is 15.4 Å². The van der Waals surface area contributed by atoms with Gasteiger partial charge in [0, 0.05) is 31.1 Å². The van der Waals surface area contributed by atoms with E-state index in [2.05, 4.69) is 44.8 Å². The molecule has 0 saturated carbocycles. The lowest BCUT2D eigenvalue weighted by molar-refractivity contribution is 0.581. The molecule has 0 aliphatic heterocycles. The monoisotopic (exact) mass is 542 g/mol. The summed E-state index contributed by atoms with van der Waals surface area (Å²) in [6.07, 6.45) is 1.02. The van der Waals surface area contributed by atoms with Crippen molar-refractivity contribution >= 4 is 62.6 Å². The van der Waals surface area contributed by atoms with Crippen LogP contribution in [0.4, 0.5) is 0 Å². The van der Waals surface area contributed by atoms with Crippen LogP contribution in [-0.4, -0.2) is 40.6 Å². The van der Waals surface area contributed by atoms with Gasteiger partial charge in [0.25, 0.3) is 0 Å². The highest BCUT2D eigenvalue weighted by molar-refractivity contribution is 14.0. The van der Waals surface area contributed by atoms with E-state index in [-0.39, 0.29) is 24.0 Å². The number of guanidine groups is 1. The van der Waals surface area contributed by atoms with Gasteiger partial charge in [0.1, 0.15) is 4.21 Å². The first-order valence-electron chi connectivity index (χ1n) is 8.59. The highest BCUT2D eigenvalue weighted by Gasteiger charge is 2.13. The van der Waals surface area contributed by atoms with Crippen LogP contribution in [0.15, 0.2) is 44.2 Å². The lowest BCUT2D eigenvalue weighted by atomic mass is 10.1. The van der Waals surface area contributed by atoms with Crippen LogP contribution in [0.3, 0.4) is 0 Å². The van der Waals surface area contributed by atoms with Gasteiger partial charge >= 0.3 is 0 Å². The fourth-order valence-corrected chi connectivity index (χ4v) is 5.22. The highest BCUT2D eigenvalue weighted by atomic mass is 127. The van der Waals surface area contributed by atoms with E-state index < -0.39 is 10.0 Å². The van der Waals surface area contributed by atoms with Gasteiger partial charge < -0.3 is 10.6 Å². The number of thiophene rings is 2. The van der Waals surface area contributed by atoms with Crippen molar-refractivity contribution in [1.29, 1.82) is 0 Å². The second-order valence-electron chi connectivity index (χ2n) is 5.86. The van der Waals surface area contributed by atoms with E-state index in [9.17, 15) is 8.42 Å². The fourth-order valence-electron chi connectivity index (χ4n) is 2.28. The first kappa shape index (κ1) is 24.3. The zero-order chi connectivity index (χ0) is 18.8. The van der Waals surface area contributed by atoms with Crippen molar-refractivity contribution in [3.8, 4) is 0 Å². The summed E-state index contributed by atoms with van der Waals surface area (Å²) in [4.78, 5) is 5.97. The quantitative estimate of drug-likeness (QED) is 0.187. The van der Waals surface area contributed by atoms with Crippen molar-refractivity contribution in [2.75, 3.05) is 26.2 Å². The fraction of sp³-hybridized carbons (Fsp3) is 0.471. The topological polar surface area (TPSA) is 82.6 Å². The Morgan fingerprint density at radius 3 is 2.52 bits per heavy atom. The minimum Gasteiger partial charge on any atom is -0.357 e. The average molecular weight is 543 g/mol. The van der Waals surface area contributed by atoms with Crippen molar-refractivity contribution < 1.29 is 8.42 Å². The third-order valence-corrected chi connectivity index (χ3v) is 7.26. The normalized spacial score (nSPS) is 13.0. The van der Waals surface area contributed by atoms with E-state index in [1.807, 2.05) is 6.92 Å². The lowest BCUT2D eigenvalue weighted by Crippen LogP contribution is -2.41. The number of nitrogens with one attached hydrogen (secondary N) is 3. The van der Waals surface area contributed by atoms with Crippen LogP contribution in [0.5, 0.6) is 0 Å². The third kappa shape index (κ3) is 8.90. The zero-order valence-electron chi connectivity index (χ0n) is 15.5. The second kappa shape index (κ2) is 12.7. The maximum absolute atomic E-state index is 12.1. The number of hydrogen-bond acceptors (Lipinski definition) is 5. The predicted molar refractivity (Wildman–Crippen MR) is 126 cm³/mol. The molecule has 0 radical (unpaired) electrons. The molecule has 10 heteroatoms. The number of halogens is 1. The number of aliphatic imine (C=N–C) groups is 1. The van der Waals surface area contributed by atoms with Crippen LogP contribution >= 0.6 is 46.7 Å². The molecule has 0 aliphatic rings. The number of nitrogens with zero attached hydrogens (tertiary/aromatic N) is 1. The average Bonchev–Trinajstić information content (AvgIpc) is 3.30. The summed E-state index contributed by atoms with van der Waals surface area (Å²) in [5, 5.41) is 10.2. The van der Waals surface area contributed by atoms with Crippen LogP contribution in [0.1, 0.15) is 18.7 Å². The molecule has 0 spiro atoms. The van der Waals surface area contributed by atoms with Crippen molar-refractivity contribution in [1.82, 2.24) is 15.4 Å². The molecule has 0 aromatic carbocycles. The zero-order valence-corrected chi connectivity index (χ0v) is 20.3. The molecule has 0 saturated heterocycles. The molecule has 152 valence electrons. The van der Waals surface area contributed by atoms with Crippen molar-refractivity contribution in [3.05, 3.63) is 39.9 Å². The molecular formula is C17H27IN4O2S3. The van der Waals surface area contributed by atoms with E-state index in [0.717, 1.165) is 13.0 Å². The van der Waals surface area contributed by atoms with E-state index >= 15 is 0 Å². The number of sulfonamides is 1. The Labute approximate surface area is 187 Å². The van der Waals surface area contributed by atoms with E-state index in [0.29, 0.717) is 35.7 Å². The molecule has 0 fully saturated rings. The molecule has 2 aromatic rings. The summed E-state index contributed by atoms with van der Waals surface area (Å²) < 4.78 is 27.0. The van der Waals surface area contributed by atoms with Gasteiger partial charge in [-0.05, 0) is 42.2 Å². The van der Waals surface area contributed by atoms with Gasteiger partial charge in [0.15, 0.2) is 5.96 Å². The Balaban J connectivity index is 0.00000364. The Bertz CT molecular complexity index is 762. The lowest BCUT2D eigenvalue weighted by Gasteiger charge is -2.13. The van der Waals surface area contributed by atoms with Crippen molar-refractivity contribution in [3.63, 3.8) is 0 Å². The SMILES string of the molecule is CCNC(=NCC(C)Cc1cccs1)NCCNS(=O)(=O)c1cccs1.I. The Morgan fingerprint density at radius 2 is 1.89 bits per heavy atom. The maximum Gasteiger partial charge on any atom is 0.250 e. The molecule has 3 N–H and O–H groups in total. The van der Waals surface area contributed by atoms with Crippen molar-refractivity contribution in [2.24, 2.45) is 10.9 Å². The summed E-state index contributed by atoms with van der Waals surface area (Å²) in [5.41, 5.74) is 0. The molecule has 2 rings (SSSR count). The van der Waals surface area contributed by atoms with Crippen LogP contribution in [0, 0.1) is 5.92 Å². The second-order valence-corrected chi connectivity index (χ2v) is 9.84. The number of rotatable bonds is 10. The Kier molecular flexibility index (Phi) is 11.5. The third-order valence-electron chi connectivity index (χ3n) is 3.50. The summed E-state index contributed by atoms with van der Waals surface area (Å²) in [5.74, 6) is 1.15. The van der Waals surface area contributed by atoms with Crippen molar-refractivity contribution in [2.45, 2.75) is 24.5 Å². The highest BCUT2D eigenvalue weighted by Crippen LogP contribution is 2.15. The van der Waals surface area contributed by atoms with E-state index in [1.165, 1.54) is 16.2 Å². The first-order chi connectivity index (χ1) is 12.5. The van der Waals surface area contributed by atoms with Gasteiger partial charge in [-0.25, -0.2) is 13.1 Å².